The van der Waals surface area contributed by atoms with Gasteiger partial charge >= 0.3 is 0 Å². The Morgan fingerprint density at radius 3 is 2.82 bits per heavy atom. The van der Waals surface area contributed by atoms with Crippen LogP contribution in [-0.4, -0.2) is 54.0 Å². The van der Waals surface area contributed by atoms with E-state index in [9.17, 15) is 0 Å². The maximum Gasteiger partial charge on any atom is 0.162 e. The molecule has 0 aromatic carbocycles. The third-order valence-electron chi connectivity index (χ3n) is 4.76. The smallest absolute Gasteiger partial charge is 0.162 e. The van der Waals surface area contributed by atoms with Gasteiger partial charge in [-0.15, -0.1) is 10.2 Å². The molecule has 4 rings (SSSR count). The maximum atomic E-state index is 5.44. The first-order valence-corrected chi connectivity index (χ1v) is 8.27. The lowest BCUT2D eigenvalue weighted by Gasteiger charge is -2.29. The molecule has 118 valence electrons. The summed E-state index contributed by atoms with van der Waals surface area (Å²) in [5.41, 5.74) is 2.21. The second-order valence-corrected chi connectivity index (χ2v) is 6.23. The number of fused-ring (bicyclic) bond motifs is 1. The van der Waals surface area contributed by atoms with Crippen LogP contribution >= 0.6 is 0 Å². The summed E-state index contributed by atoms with van der Waals surface area (Å²) in [6.07, 6.45) is 5.39. The Morgan fingerprint density at radius 1 is 1.18 bits per heavy atom. The number of hydrogen-bond acceptors (Lipinski definition) is 5. The third kappa shape index (κ3) is 2.80. The monoisotopic (exact) mass is 301 g/mol. The lowest BCUT2D eigenvalue weighted by molar-refractivity contribution is 0.0659. The topological polar surface area (TPSA) is 54.7 Å². The van der Waals surface area contributed by atoms with Crippen LogP contribution in [0.25, 0.3) is 5.65 Å². The lowest BCUT2D eigenvalue weighted by atomic mass is 9.96. The van der Waals surface area contributed by atoms with Crippen molar-refractivity contribution < 1.29 is 4.74 Å². The van der Waals surface area contributed by atoms with Crippen LogP contribution in [0.3, 0.4) is 0 Å². The number of nitrogens with one attached hydrogen (secondary N) is 1. The number of pyridine rings is 1. The van der Waals surface area contributed by atoms with Crippen molar-refractivity contribution in [1.82, 2.24) is 19.9 Å². The standard InChI is InChI=1S/C16H23N5O/c1-6-21-15(11-13-2-9-22-10-3-13)18-19-16(21)12-14(1)20-7-4-17-5-8-20/h1,6,12-13,17H,2-5,7-11H2. The molecule has 2 aliphatic rings. The molecule has 22 heavy (non-hydrogen) atoms. The summed E-state index contributed by atoms with van der Waals surface area (Å²) in [6.45, 7) is 5.97. The fourth-order valence-corrected chi connectivity index (χ4v) is 3.40. The van der Waals surface area contributed by atoms with Crippen molar-refractivity contribution in [3.63, 3.8) is 0 Å². The number of hydrogen-bond donors (Lipinski definition) is 1. The van der Waals surface area contributed by atoms with Crippen LogP contribution in [0.4, 0.5) is 5.69 Å². The molecule has 2 aromatic rings. The highest BCUT2D eigenvalue weighted by Gasteiger charge is 2.18. The van der Waals surface area contributed by atoms with Crippen LogP contribution in [0.1, 0.15) is 18.7 Å². The van der Waals surface area contributed by atoms with Crippen molar-refractivity contribution in [3.8, 4) is 0 Å². The van der Waals surface area contributed by atoms with Crippen LogP contribution < -0.4 is 10.2 Å². The molecule has 0 aliphatic carbocycles. The lowest BCUT2D eigenvalue weighted by Crippen LogP contribution is -2.43. The second-order valence-electron chi connectivity index (χ2n) is 6.23. The Balaban J connectivity index is 1.54. The van der Waals surface area contributed by atoms with Crippen LogP contribution in [0, 0.1) is 5.92 Å². The molecule has 2 aromatic heterocycles. The molecular formula is C16H23N5O. The highest BCUT2D eigenvalue weighted by molar-refractivity contribution is 5.56. The van der Waals surface area contributed by atoms with Gasteiger partial charge in [-0.2, -0.15) is 0 Å². The minimum absolute atomic E-state index is 0.675. The number of rotatable bonds is 3. The van der Waals surface area contributed by atoms with Gasteiger partial charge in [0, 0.05) is 63.8 Å². The van der Waals surface area contributed by atoms with Crippen molar-refractivity contribution in [2.75, 3.05) is 44.3 Å². The third-order valence-corrected chi connectivity index (χ3v) is 4.76. The molecule has 0 radical (unpaired) electrons. The maximum absolute atomic E-state index is 5.44. The van der Waals surface area contributed by atoms with E-state index in [2.05, 4.69) is 43.1 Å². The zero-order chi connectivity index (χ0) is 14.8. The Kier molecular flexibility index (Phi) is 3.95. The number of aromatic nitrogens is 3. The van der Waals surface area contributed by atoms with E-state index < -0.39 is 0 Å². The minimum Gasteiger partial charge on any atom is -0.381 e. The molecule has 6 heteroatoms. The minimum atomic E-state index is 0.675. The van der Waals surface area contributed by atoms with Gasteiger partial charge in [-0.3, -0.25) is 4.40 Å². The molecule has 0 saturated carbocycles. The van der Waals surface area contributed by atoms with E-state index >= 15 is 0 Å². The summed E-state index contributed by atoms with van der Waals surface area (Å²) in [5, 5.41) is 12.2. The molecule has 0 amide bonds. The van der Waals surface area contributed by atoms with Gasteiger partial charge in [0.15, 0.2) is 5.65 Å². The highest BCUT2D eigenvalue weighted by atomic mass is 16.5. The molecule has 2 saturated heterocycles. The fraction of sp³-hybridized carbons (Fsp3) is 0.625. The van der Waals surface area contributed by atoms with Crippen LogP contribution in [0.5, 0.6) is 0 Å². The van der Waals surface area contributed by atoms with E-state index in [-0.39, 0.29) is 0 Å². The normalized spacial score (nSPS) is 20.6. The van der Waals surface area contributed by atoms with Crippen molar-refractivity contribution in [2.24, 2.45) is 5.92 Å². The molecule has 0 unspecified atom stereocenters. The Morgan fingerprint density at radius 2 is 2.00 bits per heavy atom. The van der Waals surface area contributed by atoms with E-state index in [4.69, 9.17) is 4.74 Å². The molecule has 0 atom stereocenters. The van der Waals surface area contributed by atoms with Crippen molar-refractivity contribution >= 4 is 11.3 Å². The molecule has 2 aliphatic heterocycles. The first-order chi connectivity index (χ1) is 10.9. The average Bonchev–Trinajstić information content (AvgIpc) is 2.99. The quantitative estimate of drug-likeness (QED) is 0.920. The second kappa shape index (κ2) is 6.22. The van der Waals surface area contributed by atoms with Gasteiger partial charge < -0.3 is 15.0 Å². The molecular weight excluding hydrogens is 278 g/mol. The summed E-state index contributed by atoms with van der Waals surface area (Å²) < 4.78 is 7.58. The Labute approximate surface area is 130 Å². The van der Waals surface area contributed by atoms with Gasteiger partial charge in [0.2, 0.25) is 0 Å². The Bertz CT molecular complexity index is 628. The zero-order valence-corrected chi connectivity index (χ0v) is 12.9. The predicted octanol–water partition coefficient (Wildman–Crippen LogP) is 1.11. The van der Waals surface area contributed by atoms with Crippen LogP contribution in [-0.2, 0) is 11.2 Å². The molecule has 0 spiro atoms. The first kappa shape index (κ1) is 14.0. The molecule has 4 heterocycles. The largest absolute Gasteiger partial charge is 0.381 e. The van der Waals surface area contributed by atoms with E-state index in [1.807, 2.05) is 0 Å². The summed E-state index contributed by atoms with van der Waals surface area (Å²) in [5.74, 6) is 1.75. The molecule has 1 N–H and O–H groups in total. The summed E-state index contributed by atoms with van der Waals surface area (Å²) in [7, 11) is 0. The van der Waals surface area contributed by atoms with Gasteiger partial charge in [-0.05, 0) is 24.8 Å². The number of nitrogens with zero attached hydrogens (tertiary/aromatic N) is 4. The average molecular weight is 301 g/mol. The molecule has 2 fully saturated rings. The Hall–Kier alpha value is -1.66. The fourth-order valence-electron chi connectivity index (χ4n) is 3.40. The summed E-state index contributed by atoms with van der Waals surface area (Å²) in [6, 6.07) is 4.35. The number of ether oxygens (including phenoxy) is 1. The van der Waals surface area contributed by atoms with E-state index in [0.29, 0.717) is 5.92 Å². The molecule has 6 nitrogen and oxygen atoms in total. The highest BCUT2D eigenvalue weighted by Crippen LogP contribution is 2.21. The molecule has 0 bridgehead atoms. The van der Waals surface area contributed by atoms with Gasteiger partial charge in [-0.25, -0.2) is 0 Å². The zero-order valence-electron chi connectivity index (χ0n) is 12.9. The van der Waals surface area contributed by atoms with Crippen molar-refractivity contribution in [1.29, 1.82) is 0 Å². The van der Waals surface area contributed by atoms with Gasteiger partial charge in [0.1, 0.15) is 5.82 Å². The van der Waals surface area contributed by atoms with Gasteiger partial charge in [0.25, 0.3) is 0 Å². The summed E-state index contributed by atoms with van der Waals surface area (Å²) >= 11 is 0. The van der Waals surface area contributed by atoms with Gasteiger partial charge in [0.05, 0.1) is 0 Å². The number of anilines is 1. The van der Waals surface area contributed by atoms with E-state index in [1.165, 1.54) is 5.69 Å². The van der Waals surface area contributed by atoms with Gasteiger partial charge in [-0.1, -0.05) is 0 Å². The van der Waals surface area contributed by atoms with Crippen LogP contribution in [0.15, 0.2) is 18.3 Å². The predicted molar refractivity (Wildman–Crippen MR) is 85.3 cm³/mol. The van der Waals surface area contributed by atoms with Crippen LogP contribution in [0.2, 0.25) is 0 Å². The number of piperazine rings is 1. The first-order valence-electron chi connectivity index (χ1n) is 8.27. The van der Waals surface area contributed by atoms with Crippen molar-refractivity contribution in [2.45, 2.75) is 19.3 Å². The summed E-state index contributed by atoms with van der Waals surface area (Å²) in [4.78, 5) is 2.41. The van der Waals surface area contributed by atoms with E-state index in [1.54, 1.807) is 0 Å². The SMILES string of the molecule is c1cn2c(CC3CCOCC3)nnc2cc1N1CCNCC1. The van der Waals surface area contributed by atoms with Crippen molar-refractivity contribution in [3.05, 3.63) is 24.2 Å². The van der Waals surface area contributed by atoms with E-state index in [0.717, 1.165) is 70.1 Å².